The Morgan fingerprint density at radius 3 is 2.58 bits per heavy atom. The average Bonchev–Trinajstić information content (AvgIpc) is 2.82. The summed E-state index contributed by atoms with van der Waals surface area (Å²) in [4.78, 5) is 25.5. The summed E-state index contributed by atoms with van der Waals surface area (Å²) >= 11 is 3.42. The quantitative estimate of drug-likeness (QED) is 0.567. The van der Waals surface area contributed by atoms with Crippen LogP contribution in [0.2, 0.25) is 0 Å². The van der Waals surface area contributed by atoms with E-state index in [1.807, 2.05) is 24.3 Å². The molecule has 1 aliphatic carbocycles. The lowest BCUT2D eigenvalue weighted by atomic mass is 9.77. The van der Waals surface area contributed by atoms with Gasteiger partial charge in [-0.1, -0.05) is 34.1 Å². The van der Waals surface area contributed by atoms with Crippen molar-refractivity contribution in [2.75, 3.05) is 14.2 Å². The van der Waals surface area contributed by atoms with Crippen LogP contribution in [0.4, 0.5) is 0 Å². The summed E-state index contributed by atoms with van der Waals surface area (Å²) in [5, 5.41) is 0. The highest BCUT2D eigenvalue weighted by Crippen LogP contribution is 2.45. The number of ether oxygens (including phenoxy) is 4. The summed E-state index contributed by atoms with van der Waals surface area (Å²) in [6.07, 6.45) is 1.65. The lowest BCUT2D eigenvalue weighted by Gasteiger charge is -2.32. The lowest BCUT2D eigenvalue weighted by molar-refractivity contribution is -0.136. The van der Waals surface area contributed by atoms with Gasteiger partial charge in [-0.2, -0.15) is 0 Å². The van der Waals surface area contributed by atoms with Crippen LogP contribution in [0.3, 0.4) is 0 Å². The number of hydrogen-bond donors (Lipinski definition) is 1. The van der Waals surface area contributed by atoms with Gasteiger partial charge in [-0.25, -0.2) is 4.79 Å². The topological polar surface area (TPSA) is 97.1 Å². The van der Waals surface area contributed by atoms with Crippen molar-refractivity contribution >= 4 is 27.7 Å². The molecule has 0 fully saturated rings. The standard InChI is InChI=1S/C25H24BrNO6/c1-30-20-12-15(8-11-18(20)32-13-14-6-9-16(26)10-7-14)21-22-17(28)4-3-5-19(22)33-24(27)23(21)25(29)31-2/h6-12,21H,3-5,13,27H2,1-2H3/t21-/m1/s1. The molecule has 2 N–H and O–H groups in total. The Morgan fingerprint density at radius 1 is 1.12 bits per heavy atom. The molecule has 0 saturated heterocycles. The van der Waals surface area contributed by atoms with Gasteiger partial charge in [-0.3, -0.25) is 4.79 Å². The molecule has 0 spiro atoms. The van der Waals surface area contributed by atoms with Crippen molar-refractivity contribution in [1.29, 1.82) is 0 Å². The van der Waals surface area contributed by atoms with Gasteiger partial charge in [0.2, 0.25) is 5.88 Å². The lowest BCUT2D eigenvalue weighted by Crippen LogP contribution is -2.31. The fourth-order valence-electron chi connectivity index (χ4n) is 4.12. The zero-order chi connectivity index (χ0) is 23.5. The second kappa shape index (κ2) is 9.70. The third kappa shape index (κ3) is 4.61. The first-order valence-electron chi connectivity index (χ1n) is 10.5. The maximum absolute atomic E-state index is 12.9. The fraction of sp³-hybridized carbons (Fsp3) is 0.280. The molecule has 1 heterocycles. The Kier molecular flexibility index (Phi) is 6.74. The normalized spacial score (nSPS) is 17.9. The van der Waals surface area contributed by atoms with Crippen molar-refractivity contribution in [2.24, 2.45) is 5.73 Å². The van der Waals surface area contributed by atoms with E-state index in [4.69, 9.17) is 24.7 Å². The first-order chi connectivity index (χ1) is 15.9. The first kappa shape index (κ1) is 22.9. The number of Topliss-reactive ketones (excluding diaryl/α,β-unsaturated/α-hetero) is 1. The minimum atomic E-state index is -0.705. The molecule has 7 nitrogen and oxygen atoms in total. The van der Waals surface area contributed by atoms with Crippen molar-refractivity contribution < 1.29 is 28.5 Å². The van der Waals surface area contributed by atoms with E-state index in [1.165, 1.54) is 14.2 Å². The number of esters is 1. The monoisotopic (exact) mass is 513 g/mol. The van der Waals surface area contributed by atoms with Gasteiger partial charge in [-0.15, -0.1) is 0 Å². The van der Waals surface area contributed by atoms with Gasteiger partial charge in [0.25, 0.3) is 0 Å². The molecule has 0 aromatic heterocycles. The highest BCUT2D eigenvalue weighted by molar-refractivity contribution is 9.10. The predicted molar refractivity (Wildman–Crippen MR) is 124 cm³/mol. The van der Waals surface area contributed by atoms with Gasteiger partial charge in [0.05, 0.1) is 20.1 Å². The Morgan fingerprint density at radius 2 is 1.88 bits per heavy atom. The van der Waals surface area contributed by atoms with Crippen LogP contribution in [0.15, 0.2) is 69.7 Å². The van der Waals surface area contributed by atoms with Gasteiger partial charge in [0.15, 0.2) is 17.3 Å². The summed E-state index contributed by atoms with van der Waals surface area (Å²) in [6, 6.07) is 13.1. The number of rotatable bonds is 6. The van der Waals surface area contributed by atoms with Crippen molar-refractivity contribution in [3.05, 3.63) is 80.9 Å². The number of ketones is 1. The Labute approximate surface area is 200 Å². The van der Waals surface area contributed by atoms with Crippen LogP contribution >= 0.6 is 15.9 Å². The van der Waals surface area contributed by atoms with E-state index in [0.717, 1.165) is 10.0 Å². The molecular weight excluding hydrogens is 490 g/mol. The molecule has 2 aromatic carbocycles. The highest BCUT2D eigenvalue weighted by atomic mass is 79.9. The Bertz CT molecular complexity index is 1150. The summed E-state index contributed by atoms with van der Waals surface area (Å²) < 4.78 is 23.2. The molecule has 0 bridgehead atoms. The summed E-state index contributed by atoms with van der Waals surface area (Å²) in [7, 11) is 2.81. The second-order valence-electron chi connectivity index (χ2n) is 7.74. The Hall–Kier alpha value is -3.26. The molecule has 8 heteroatoms. The van der Waals surface area contributed by atoms with Crippen LogP contribution in [-0.2, 0) is 25.7 Å². The molecule has 0 saturated carbocycles. The number of nitrogens with two attached hydrogens (primary N) is 1. The summed E-state index contributed by atoms with van der Waals surface area (Å²) in [5.41, 5.74) is 8.33. The minimum Gasteiger partial charge on any atom is -0.493 e. The molecule has 33 heavy (non-hydrogen) atoms. The number of methoxy groups -OCH3 is 2. The molecule has 0 amide bonds. The predicted octanol–water partition coefficient (Wildman–Crippen LogP) is 4.50. The number of halogens is 1. The van der Waals surface area contributed by atoms with Gasteiger partial charge in [-0.05, 0) is 41.8 Å². The molecule has 0 unspecified atom stereocenters. The van der Waals surface area contributed by atoms with Gasteiger partial charge < -0.3 is 24.7 Å². The smallest absolute Gasteiger partial charge is 0.340 e. The number of hydrogen-bond acceptors (Lipinski definition) is 7. The largest absolute Gasteiger partial charge is 0.493 e. The van der Waals surface area contributed by atoms with Crippen molar-refractivity contribution in [1.82, 2.24) is 0 Å². The molecular formula is C25H24BrNO6. The van der Waals surface area contributed by atoms with E-state index in [0.29, 0.717) is 54.3 Å². The SMILES string of the molecule is COC(=O)C1=C(N)OC2=C(C(=O)CCC2)[C@H]1c1ccc(OCc2ccc(Br)cc2)c(OC)c1. The molecule has 1 aliphatic heterocycles. The van der Waals surface area contributed by atoms with Gasteiger partial charge in [0, 0.05) is 22.9 Å². The third-order valence-corrected chi connectivity index (χ3v) is 6.25. The molecule has 0 radical (unpaired) electrons. The summed E-state index contributed by atoms with van der Waals surface area (Å²) in [5.74, 6) is 0.0668. The zero-order valence-corrected chi connectivity index (χ0v) is 19.9. The van der Waals surface area contributed by atoms with E-state index in [2.05, 4.69) is 15.9 Å². The molecule has 2 aliphatic rings. The fourth-order valence-corrected chi connectivity index (χ4v) is 4.39. The second-order valence-corrected chi connectivity index (χ2v) is 8.66. The van der Waals surface area contributed by atoms with Gasteiger partial charge >= 0.3 is 5.97 Å². The van der Waals surface area contributed by atoms with Crippen molar-refractivity contribution in [3.63, 3.8) is 0 Å². The van der Waals surface area contributed by atoms with E-state index in [9.17, 15) is 9.59 Å². The number of carbonyl (C=O) groups excluding carboxylic acids is 2. The van der Waals surface area contributed by atoms with Crippen LogP contribution in [0.5, 0.6) is 11.5 Å². The van der Waals surface area contributed by atoms with Crippen molar-refractivity contribution in [2.45, 2.75) is 31.8 Å². The molecule has 1 atom stereocenters. The minimum absolute atomic E-state index is 0.0465. The maximum Gasteiger partial charge on any atom is 0.340 e. The van der Waals surface area contributed by atoms with Gasteiger partial charge in [0.1, 0.15) is 17.9 Å². The zero-order valence-electron chi connectivity index (χ0n) is 18.4. The van der Waals surface area contributed by atoms with Crippen molar-refractivity contribution in [3.8, 4) is 11.5 Å². The van der Waals surface area contributed by atoms with Crippen LogP contribution in [0.25, 0.3) is 0 Å². The first-order valence-corrected chi connectivity index (χ1v) is 11.3. The molecule has 172 valence electrons. The van der Waals surface area contributed by atoms with Crippen LogP contribution in [0, 0.1) is 0 Å². The summed E-state index contributed by atoms with van der Waals surface area (Å²) in [6.45, 7) is 0.355. The van der Waals surface area contributed by atoms with E-state index < -0.39 is 11.9 Å². The molecule has 4 rings (SSSR count). The number of carbonyl (C=O) groups is 2. The van der Waals surface area contributed by atoms with E-state index in [-0.39, 0.29) is 17.2 Å². The number of benzene rings is 2. The average molecular weight is 514 g/mol. The third-order valence-electron chi connectivity index (χ3n) is 5.72. The van der Waals surface area contributed by atoms with Crippen LogP contribution < -0.4 is 15.2 Å². The Balaban J connectivity index is 1.71. The number of allylic oxidation sites excluding steroid dienone is 2. The highest BCUT2D eigenvalue weighted by Gasteiger charge is 2.41. The van der Waals surface area contributed by atoms with Crippen LogP contribution in [0.1, 0.15) is 36.3 Å². The van der Waals surface area contributed by atoms with E-state index in [1.54, 1.807) is 18.2 Å². The van der Waals surface area contributed by atoms with E-state index >= 15 is 0 Å². The maximum atomic E-state index is 12.9. The molecule has 2 aromatic rings. The van der Waals surface area contributed by atoms with Crippen LogP contribution in [-0.4, -0.2) is 26.0 Å².